The summed E-state index contributed by atoms with van der Waals surface area (Å²) in [4.78, 5) is 34.5. The number of fused-ring (bicyclic) bond motifs is 1. The number of alkyl halides is 5. The van der Waals surface area contributed by atoms with Gasteiger partial charge in [0.2, 0.25) is 5.92 Å². The van der Waals surface area contributed by atoms with Crippen LogP contribution in [0, 0.1) is 0 Å². The van der Waals surface area contributed by atoms with Gasteiger partial charge in [-0.3, -0.25) is 4.79 Å². The Morgan fingerprint density at radius 2 is 1.98 bits per heavy atom. The Bertz CT molecular complexity index is 1650. The van der Waals surface area contributed by atoms with Crippen LogP contribution < -0.4 is 5.32 Å². The normalized spacial score (nSPS) is 19.7. The summed E-state index contributed by atoms with van der Waals surface area (Å²) in [6.45, 7) is -0.902. The van der Waals surface area contributed by atoms with E-state index in [0.717, 1.165) is 24.2 Å². The van der Waals surface area contributed by atoms with Crippen molar-refractivity contribution in [3.05, 3.63) is 46.7 Å². The van der Waals surface area contributed by atoms with Crippen molar-refractivity contribution in [1.82, 2.24) is 35.1 Å². The third kappa shape index (κ3) is 5.79. The second kappa shape index (κ2) is 11.3. The summed E-state index contributed by atoms with van der Waals surface area (Å²) < 4.78 is 79.2. The van der Waals surface area contributed by atoms with Crippen LogP contribution in [0.1, 0.15) is 84.3 Å². The second-order valence-electron chi connectivity index (χ2n) is 11.1. The van der Waals surface area contributed by atoms with Crippen LogP contribution in [0.25, 0.3) is 11.3 Å². The highest BCUT2D eigenvalue weighted by atomic mass is 19.4. The highest BCUT2D eigenvalue weighted by Gasteiger charge is 2.44. The van der Waals surface area contributed by atoms with Crippen LogP contribution in [-0.4, -0.2) is 79.8 Å². The van der Waals surface area contributed by atoms with Gasteiger partial charge in [0.25, 0.3) is 5.91 Å². The summed E-state index contributed by atoms with van der Waals surface area (Å²) in [5.74, 6) is -3.41. The predicted octanol–water partition coefficient (Wildman–Crippen LogP) is 4.86. The zero-order valence-corrected chi connectivity index (χ0v) is 23.4. The summed E-state index contributed by atoms with van der Waals surface area (Å²) in [5.41, 5.74) is 0.815. The van der Waals surface area contributed by atoms with Gasteiger partial charge in [-0.25, -0.2) is 27.7 Å². The molecule has 2 saturated carbocycles. The van der Waals surface area contributed by atoms with Crippen LogP contribution in [0.2, 0.25) is 0 Å². The van der Waals surface area contributed by atoms with E-state index in [1.54, 1.807) is 0 Å². The first-order chi connectivity index (χ1) is 20.9. The molecule has 12 nitrogen and oxygen atoms in total. The molecule has 3 aliphatic rings. The number of aliphatic imine (C=N–C) groups is 1. The maximum absolute atomic E-state index is 14.0. The summed E-state index contributed by atoms with van der Waals surface area (Å²) in [5, 5.41) is 14.8. The first-order valence-corrected chi connectivity index (χ1v) is 14.0. The number of halogens is 5. The number of urea groups is 1. The standard InChI is InChI=1S/C27H27F5N8O4/c1-43-13-18(39-12-19(27(30,31)32)35-25(39)42)16-9-20-34-17(11-40(20)33-10-16)21(15-5-7-26(28,29)8-6-15)36-24(41)23-22(37-44-38-23)14-3-2-4-14/h9-11,14,18H,2-8,12-13H2,1H3,(H,36,41)/t18-/m1/s1. The third-order valence-corrected chi connectivity index (χ3v) is 8.20. The number of allylic oxidation sites excluding steroid dienone is 1. The SMILES string of the molecule is COC[C@H](c1cnn2cc(C(NC(=O)c3nonc3C3CCC3)=C3CCC(F)(F)CC3)nc2c1)N1CC(C(F)(F)F)=NC1=O. The minimum atomic E-state index is -4.76. The number of nitrogens with zero attached hydrogens (tertiary/aromatic N) is 7. The zero-order valence-electron chi connectivity index (χ0n) is 23.4. The van der Waals surface area contributed by atoms with Crippen LogP contribution in [-0.2, 0) is 4.74 Å². The largest absolute Gasteiger partial charge is 0.431 e. The molecular weight excluding hydrogens is 595 g/mol. The van der Waals surface area contributed by atoms with E-state index >= 15 is 0 Å². The molecule has 4 heterocycles. The summed E-state index contributed by atoms with van der Waals surface area (Å²) in [6, 6.07) is -0.499. The van der Waals surface area contributed by atoms with Gasteiger partial charge in [0.15, 0.2) is 11.3 Å². The summed E-state index contributed by atoms with van der Waals surface area (Å²) in [6.07, 6.45) is -0.0109. The molecule has 44 heavy (non-hydrogen) atoms. The van der Waals surface area contributed by atoms with E-state index < -0.39 is 55.2 Å². The monoisotopic (exact) mass is 622 g/mol. The molecule has 0 unspecified atom stereocenters. The molecule has 1 atom stereocenters. The molecule has 0 saturated heterocycles. The van der Waals surface area contributed by atoms with Crippen LogP contribution >= 0.6 is 0 Å². The fourth-order valence-electron chi connectivity index (χ4n) is 5.54. The molecule has 2 fully saturated rings. The Labute approximate surface area is 246 Å². The number of carbonyl (C=O) groups is 2. The van der Waals surface area contributed by atoms with Crippen LogP contribution in [0.5, 0.6) is 0 Å². The highest BCUT2D eigenvalue weighted by molar-refractivity contribution is 6.05. The number of ether oxygens (including phenoxy) is 1. The maximum atomic E-state index is 14.0. The molecule has 17 heteroatoms. The van der Waals surface area contributed by atoms with E-state index in [9.17, 15) is 31.5 Å². The van der Waals surface area contributed by atoms with Gasteiger partial charge in [-0.1, -0.05) is 11.6 Å². The van der Waals surface area contributed by atoms with Crippen molar-refractivity contribution in [2.75, 3.05) is 20.3 Å². The molecule has 0 spiro atoms. The number of amides is 3. The summed E-state index contributed by atoms with van der Waals surface area (Å²) >= 11 is 0. The van der Waals surface area contributed by atoms with E-state index in [4.69, 9.17) is 9.37 Å². The van der Waals surface area contributed by atoms with Crippen molar-refractivity contribution in [2.45, 2.75) is 69.0 Å². The molecule has 3 aromatic rings. The van der Waals surface area contributed by atoms with Gasteiger partial charge in [0.05, 0.1) is 37.3 Å². The fourth-order valence-corrected chi connectivity index (χ4v) is 5.54. The lowest BCUT2D eigenvalue weighted by atomic mass is 9.82. The zero-order chi connectivity index (χ0) is 31.2. The number of methoxy groups -OCH3 is 1. The topological polar surface area (TPSA) is 140 Å². The molecule has 1 aliphatic heterocycles. The van der Waals surface area contributed by atoms with Crippen molar-refractivity contribution in [3.63, 3.8) is 0 Å². The average molecular weight is 623 g/mol. The molecule has 234 valence electrons. The second-order valence-corrected chi connectivity index (χ2v) is 11.1. The lowest BCUT2D eigenvalue weighted by Gasteiger charge is -2.26. The molecule has 3 amide bonds. The Morgan fingerprint density at radius 1 is 1.23 bits per heavy atom. The van der Waals surface area contributed by atoms with E-state index in [2.05, 4.69) is 30.7 Å². The van der Waals surface area contributed by atoms with E-state index in [1.807, 2.05) is 0 Å². The number of aromatic nitrogens is 5. The summed E-state index contributed by atoms with van der Waals surface area (Å²) in [7, 11) is 1.34. The first kappa shape index (κ1) is 29.8. The number of imidazole rings is 1. The van der Waals surface area contributed by atoms with Crippen molar-refractivity contribution < 1.29 is 40.9 Å². The van der Waals surface area contributed by atoms with Gasteiger partial charge in [-0.15, -0.1) is 0 Å². The van der Waals surface area contributed by atoms with Gasteiger partial charge < -0.3 is 15.0 Å². The maximum Gasteiger partial charge on any atom is 0.431 e. The van der Waals surface area contributed by atoms with Crippen LogP contribution in [0.4, 0.5) is 26.7 Å². The quantitative estimate of drug-likeness (QED) is 0.352. The van der Waals surface area contributed by atoms with Gasteiger partial charge >= 0.3 is 12.2 Å². The average Bonchev–Trinajstić information content (AvgIpc) is 3.67. The third-order valence-electron chi connectivity index (χ3n) is 8.20. The minimum Gasteiger partial charge on any atom is -0.382 e. The van der Waals surface area contributed by atoms with Crippen LogP contribution in [0.3, 0.4) is 0 Å². The van der Waals surface area contributed by atoms with Crippen molar-refractivity contribution in [1.29, 1.82) is 0 Å². The highest BCUT2D eigenvalue weighted by Crippen LogP contribution is 2.39. The van der Waals surface area contributed by atoms with Crippen molar-refractivity contribution >= 4 is 29.0 Å². The van der Waals surface area contributed by atoms with Crippen molar-refractivity contribution in [2.24, 2.45) is 4.99 Å². The number of hydrogen-bond acceptors (Lipinski definition) is 8. The molecule has 6 rings (SSSR count). The molecule has 0 bridgehead atoms. The predicted molar refractivity (Wildman–Crippen MR) is 142 cm³/mol. The number of hydrogen-bond donors (Lipinski definition) is 1. The molecular formula is C27H27F5N8O4. The Kier molecular flexibility index (Phi) is 7.67. The molecule has 1 N–H and O–H groups in total. The lowest BCUT2D eigenvalue weighted by molar-refractivity contribution is -0.0603. The fraction of sp³-hybridized carbons (Fsp3) is 0.519. The number of carbonyl (C=O) groups excluding carboxylic acids is 2. The Balaban J connectivity index is 1.32. The molecule has 0 radical (unpaired) electrons. The van der Waals surface area contributed by atoms with E-state index in [1.165, 1.54) is 30.1 Å². The Hall–Kier alpha value is -4.28. The van der Waals surface area contributed by atoms with Crippen molar-refractivity contribution in [3.8, 4) is 0 Å². The number of rotatable bonds is 8. The molecule has 0 aromatic carbocycles. The molecule has 3 aromatic heterocycles. The smallest absolute Gasteiger partial charge is 0.382 e. The van der Waals surface area contributed by atoms with E-state index in [-0.39, 0.29) is 48.1 Å². The van der Waals surface area contributed by atoms with Gasteiger partial charge in [0, 0.05) is 31.4 Å². The first-order valence-electron chi connectivity index (χ1n) is 14.0. The van der Waals surface area contributed by atoms with Gasteiger partial charge in [-0.05, 0) is 42.5 Å². The van der Waals surface area contributed by atoms with Gasteiger partial charge in [0.1, 0.15) is 17.1 Å². The Morgan fingerprint density at radius 3 is 2.61 bits per heavy atom. The number of nitrogens with one attached hydrogen (secondary N) is 1. The van der Waals surface area contributed by atoms with Gasteiger partial charge in [-0.2, -0.15) is 23.3 Å². The van der Waals surface area contributed by atoms with E-state index in [0.29, 0.717) is 16.8 Å². The minimum absolute atomic E-state index is 0.0102. The lowest BCUT2D eigenvalue weighted by Crippen LogP contribution is -2.36. The van der Waals surface area contributed by atoms with Crippen LogP contribution in [0.15, 0.2) is 33.7 Å². The molecule has 2 aliphatic carbocycles.